The molecule has 0 aliphatic carbocycles. The van der Waals surface area contributed by atoms with Gasteiger partial charge in [-0.2, -0.15) is 0 Å². The molecule has 1 fully saturated rings. The Morgan fingerprint density at radius 1 is 1.56 bits per heavy atom. The molecule has 7 heteroatoms. The molecular formula is C11H11FN2O4. The smallest absolute Gasteiger partial charge is 0.282 e. The molecule has 18 heavy (non-hydrogen) atoms. The van der Waals surface area contributed by atoms with E-state index in [-0.39, 0.29) is 12.1 Å². The van der Waals surface area contributed by atoms with Crippen LogP contribution in [0.5, 0.6) is 0 Å². The molecule has 0 saturated carbocycles. The molecule has 6 nitrogen and oxygen atoms in total. The van der Waals surface area contributed by atoms with Gasteiger partial charge in [0, 0.05) is 19.2 Å². The number of nitro benzene ring substituents is 1. The van der Waals surface area contributed by atoms with E-state index in [0.717, 1.165) is 18.2 Å². The third-order valence-electron chi connectivity index (χ3n) is 2.84. The standard InChI is InChI=1S/C11H11FN2O4/c12-7-1-2-10(14(17)18)9(5-7)11(16)13-4-3-8(15)6-13/h1-2,5,8,15H,3-4,6H2/t8-/m0/s1. The third-order valence-corrected chi connectivity index (χ3v) is 2.84. The monoisotopic (exact) mass is 254 g/mol. The average Bonchev–Trinajstić information content (AvgIpc) is 2.74. The molecule has 1 aromatic rings. The van der Waals surface area contributed by atoms with Crippen LogP contribution < -0.4 is 0 Å². The molecule has 0 aromatic heterocycles. The highest BCUT2D eigenvalue weighted by Crippen LogP contribution is 2.23. The first-order valence-corrected chi connectivity index (χ1v) is 5.40. The van der Waals surface area contributed by atoms with Crippen molar-refractivity contribution in [1.82, 2.24) is 4.90 Å². The van der Waals surface area contributed by atoms with Gasteiger partial charge in [-0.25, -0.2) is 4.39 Å². The van der Waals surface area contributed by atoms with Crippen LogP contribution in [-0.2, 0) is 0 Å². The fourth-order valence-corrected chi connectivity index (χ4v) is 1.94. The number of nitrogens with zero attached hydrogens (tertiary/aromatic N) is 2. The molecule has 1 atom stereocenters. The van der Waals surface area contributed by atoms with Crippen molar-refractivity contribution in [3.8, 4) is 0 Å². The molecular weight excluding hydrogens is 243 g/mol. The van der Waals surface area contributed by atoms with Crippen LogP contribution in [0.25, 0.3) is 0 Å². The predicted octanol–water partition coefficient (Wildman–Crippen LogP) is 0.941. The molecule has 1 amide bonds. The summed E-state index contributed by atoms with van der Waals surface area (Å²) in [6.07, 6.45) is -0.198. The highest BCUT2D eigenvalue weighted by Gasteiger charge is 2.30. The lowest BCUT2D eigenvalue weighted by Gasteiger charge is -2.15. The average molecular weight is 254 g/mol. The van der Waals surface area contributed by atoms with Crippen molar-refractivity contribution in [2.75, 3.05) is 13.1 Å². The number of halogens is 1. The van der Waals surface area contributed by atoms with Crippen LogP contribution >= 0.6 is 0 Å². The van der Waals surface area contributed by atoms with Crippen LogP contribution in [0, 0.1) is 15.9 Å². The topological polar surface area (TPSA) is 83.7 Å². The summed E-state index contributed by atoms with van der Waals surface area (Å²) in [5.41, 5.74) is -0.711. The Balaban J connectivity index is 2.34. The van der Waals surface area contributed by atoms with Crippen molar-refractivity contribution in [1.29, 1.82) is 0 Å². The summed E-state index contributed by atoms with van der Waals surface area (Å²) in [4.78, 5) is 23.4. The second-order valence-corrected chi connectivity index (χ2v) is 4.11. The highest BCUT2D eigenvalue weighted by atomic mass is 19.1. The van der Waals surface area contributed by atoms with Crippen molar-refractivity contribution in [2.45, 2.75) is 12.5 Å². The molecule has 1 aliphatic heterocycles. The Hall–Kier alpha value is -2.02. The molecule has 1 N–H and O–H groups in total. The molecule has 0 radical (unpaired) electrons. The first kappa shape index (κ1) is 12.4. The van der Waals surface area contributed by atoms with E-state index in [0.29, 0.717) is 13.0 Å². The zero-order chi connectivity index (χ0) is 13.3. The lowest BCUT2D eigenvalue weighted by atomic mass is 10.1. The van der Waals surface area contributed by atoms with Crippen LogP contribution in [0.4, 0.5) is 10.1 Å². The van der Waals surface area contributed by atoms with E-state index in [9.17, 15) is 24.4 Å². The minimum Gasteiger partial charge on any atom is -0.391 e. The summed E-state index contributed by atoms with van der Waals surface area (Å²) in [6, 6.07) is 2.76. The van der Waals surface area contributed by atoms with E-state index < -0.39 is 28.4 Å². The first-order chi connectivity index (χ1) is 8.49. The minimum absolute atomic E-state index is 0.118. The molecule has 96 valence electrons. The van der Waals surface area contributed by atoms with Crippen LogP contribution in [0.3, 0.4) is 0 Å². The van der Waals surface area contributed by atoms with Crippen LogP contribution in [0.1, 0.15) is 16.8 Å². The predicted molar refractivity (Wildman–Crippen MR) is 59.6 cm³/mol. The van der Waals surface area contributed by atoms with Gasteiger partial charge < -0.3 is 10.0 Å². The second-order valence-electron chi connectivity index (χ2n) is 4.11. The second kappa shape index (κ2) is 4.69. The fourth-order valence-electron chi connectivity index (χ4n) is 1.94. The summed E-state index contributed by atoms with van der Waals surface area (Å²) in [5.74, 6) is -1.33. The van der Waals surface area contributed by atoms with Gasteiger partial charge in [0.25, 0.3) is 11.6 Å². The third kappa shape index (κ3) is 2.30. The van der Waals surface area contributed by atoms with Gasteiger partial charge in [-0.05, 0) is 18.6 Å². The number of benzene rings is 1. The molecule has 1 saturated heterocycles. The SMILES string of the molecule is O=C(c1cc(F)ccc1[N+](=O)[O-])N1CC[C@H](O)C1. The number of amides is 1. The first-order valence-electron chi connectivity index (χ1n) is 5.40. The Kier molecular flexibility index (Phi) is 3.24. The Morgan fingerprint density at radius 2 is 2.28 bits per heavy atom. The van der Waals surface area contributed by atoms with Gasteiger partial charge in [-0.3, -0.25) is 14.9 Å². The van der Waals surface area contributed by atoms with E-state index in [4.69, 9.17) is 0 Å². The van der Waals surface area contributed by atoms with E-state index >= 15 is 0 Å². The highest BCUT2D eigenvalue weighted by molar-refractivity contribution is 5.98. The normalized spacial score (nSPS) is 19.0. The lowest BCUT2D eigenvalue weighted by molar-refractivity contribution is -0.385. The number of hydrogen-bond donors (Lipinski definition) is 1. The zero-order valence-electron chi connectivity index (χ0n) is 9.38. The van der Waals surface area contributed by atoms with Crippen molar-refractivity contribution in [3.63, 3.8) is 0 Å². The van der Waals surface area contributed by atoms with Gasteiger partial charge in [0.1, 0.15) is 11.4 Å². The largest absolute Gasteiger partial charge is 0.391 e. The Morgan fingerprint density at radius 3 is 2.83 bits per heavy atom. The molecule has 1 aliphatic rings. The maximum absolute atomic E-state index is 13.1. The molecule has 0 unspecified atom stereocenters. The Labute approximate surface area is 102 Å². The Bertz CT molecular complexity index is 506. The summed E-state index contributed by atoms with van der Waals surface area (Å²) in [6.45, 7) is 0.431. The zero-order valence-corrected chi connectivity index (χ0v) is 9.38. The summed E-state index contributed by atoms with van der Waals surface area (Å²) in [5, 5.41) is 20.1. The van der Waals surface area contributed by atoms with Gasteiger partial charge in [0.15, 0.2) is 0 Å². The lowest BCUT2D eigenvalue weighted by Crippen LogP contribution is -2.30. The number of hydrogen-bond acceptors (Lipinski definition) is 4. The summed E-state index contributed by atoms with van der Waals surface area (Å²) in [7, 11) is 0. The van der Waals surface area contributed by atoms with Gasteiger partial charge in [-0.1, -0.05) is 0 Å². The van der Waals surface area contributed by atoms with Crippen molar-refractivity contribution in [3.05, 3.63) is 39.7 Å². The quantitative estimate of drug-likeness (QED) is 0.628. The molecule has 1 aromatic carbocycles. The summed E-state index contributed by atoms with van der Waals surface area (Å²) < 4.78 is 13.1. The van der Waals surface area contributed by atoms with Crippen LogP contribution in [0.15, 0.2) is 18.2 Å². The maximum atomic E-state index is 13.1. The van der Waals surface area contributed by atoms with E-state index in [1.807, 2.05) is 0 Å². The van der Waals surface area contributed by atoms with Gasteiger partial charge in [0.2, 0.25) is 0 Å². The van der Waals surface area contributed by atoms with Crippen LogP contribution in [0.2, 0.25) is 0 Å². The molecule has 0 spiro atoms. The van der Waals surface area contributed by atoms with E-state index in [2.05, 4.69) is 0 Å². The number of β-amino-alcohol motifs (C(OH)–C–C–N with tert-alkyl or cyclic N) is 1. The number of rotatable bonds is 2. The minimum atomic E-state index is -0.723. The number of aliphatic hydroxyl groups excluding tert-OH is 1. The molecule has 1 heterocycles. The molecule has 0 bridgehead atoms. The van der Waals surface area contributed by atoms with Gasteiger partial charge in [-0.15, -0.1) is 0 Å². The fraction of sp³-hybridized carbons (Fsp3) is 0.364. The number of nitro groups is 1. The number of carbonyl (C=O) groups is 1. The van der Waals surface area contributed by atoms with Crippen LogP contribution in [-0.4, -0.2) is 40.0 Å². The number of carbonyl (C=O) groups excluding carboxylic acids is 1. The van der Waals surface area contributed by atoms with Crippen molar-refractivity contribution >= 4 is 11.6 Å². The van der Waals surface area contributed by atoms with E-state index in [1.54, 1.807) is 0 Å². The summed E-state index contributed by atoms with van der Waals surface area (Å²) >= 11 is 0. The van der Waals surface area contributed by atoms with Crippen molar-refractivity contribution in [2.24, 2.45) is 0 Å². The van der Waals surface area contributed by atoms with Gasteiger partial charge in [0.05, 0.1) is 11.0 Å². The van der Waals surface area contributed by atoms with E-state index in [1.165, 1.54) is 4.90 Å². The maximum Gasteiger partial charge on any atom is 0.282 e. The number of likely N-dealkylation sites (tertiary alicyclic amines) is 1. The van der Waals surface area contributed by atoms with Gasteiger partial charge >= 0.3 is 0 Å². The molecule has 2 rings (SSSR count). The van der Waals surface area contributed by atoms with Crippen molar-refractivity contribution < 1.29 is 19.2 Å². The number of aliphatic hydroxyl groups is 1.